The first kappa shape index (κ1) is 21.4. The van der Waals surface area contributed by atoms with E-state index >= 15 is 0 Å². The molecule has 0 aromatic carbocycles. The number of carbonyl (C=O) groups excluding carboxylic acids is 1. The van der Waals surface area contributed by atoms with Crippen molar-refractivity contribution in [3.05, 3.63) is 0 Å². The number of hydrogen-bond donors (Lipinski definition) is 1. The monoisotopic (exact) mass is 337 g/mol. The number of unbranched alkanes of at least 4 members (excludes halogenated alkanes) is 12. The van der Waals surface area contributed by atoms with Gasteiger partial charge in [0.1, 0.15) is 0 Å². The SMILES string of the molecule is CCCCCCCCCCCCCCCC(=O)[Se-].[NH4+]. The number of rotatable bonds is 14. The molecule has 2 nitrogen and oxygen atoms in total. The Kier molecular flexibility index (Phi) is 20.5. The molecule has 0 aliphatic carbocycles. The van der Waals surface area contributed by atoms with Crippen LogP contribution in [0.25, 0.3) is 0 Å². The molecule has 0 saturated heterocycles. The predicted octanol–water partition coefficient (Wildman–Crippen LogP) is 5.54. The molecule has 0 aliphatic rings. The molecule has 0 amide bonds. The molecule has 116 valence electrons. The van der Waals surface area contributed by atoms with Gasteiger partial charge in [0.2, 0.25) is 0 Å². The van der Waals surface area contributed by atoms with Crippen molar-refractivity contribution in [2.75, 3.05) is 0 Å². The van der Waals surface area contributed by atoms with Gasteiger partial charge in [-0.2, -0.15) is 0 Å². The molecule has 0 aliphatic heterocycles. The summed E-state index contributed by atoms with van der Waals surface area (Å²) < 4.78 is 0.220. The van der Waals surface area contributed by atoms with Crippen molar-refractivity contribution in [2.24, 2.45) is 0 Å². The maximum absolute atomic E-state index is 10.7. The number of carbonyl (C=O) groups is 1. The molecule has 0 fully saturated rings. The molecule has 0 unspecified atom stereocenters. The molecule has 0 aromatic rings. The Morgan fingerprint density at radius 2 is 1.00 bits per heavy atom. The van der Waals surface area contributed by atoms with Gasteiger partial charge in [-0.3, -0.25) is 0 Å². The predicted molar refractivity (Wildman–Crippen MR) is 87.1 cm³/mol. The maximum Gasteiger partial charge on any atom is -0.369 e. The van der Waals surface area contributed by atoms with Crippen LogP contribution in [0.5, 0.6) is 0 Å². The Hall–Kier alpha value is 0.149. The van der Waals surface area contributed by atoms with Gasteiger partial charge in [0.05, 0.1) is 0 Å². The van der Waals surface area contributed by atoms with Crippen molar-refractivity contribution in [3.63, 3.8) is 0 Å². The zero-order valence-electron chi connectivity index (χ0n) is 13.2. The second-order valence-electron chi connectivity index (χ2n) is 5.36. The third kappa shape index (κ3) is 20.6. The van der Waals surface area contributed by atoms with Crippen LogP contribution in [0.3, 0.4) is 0 Å². The van der Waals surface area contributed by atoms with E-state index in [1.807, 2.05) is 0 Å². The summed E-state index contributed by atoms with van der Waals surface area (Å²) >= 11 is 2.54. The van der Waals surface area contributed by atoms with Crippen LogP contribution in [0.2, 0.25) is 0 Å². The van der Waals surface area contributed by atoms with Crippen LogP contribution >= 0.6 is 0 Å². The Bertz CT molecular complexity index is 186. The molecule has 0 heterocycles. The van der Waals surface area contributed by atoms with Gasteiger partial charge in [0.25, 0.3) is 0 Å². The zero-order valence-corrected chi connectivity index (χ0v) is 14.9. The van der Waals surface area contributed by atoms with Gasteiger partial charge in [-0.25, -0.2) is 0 Å². The van der Waals surface area contributed by atoms with Gasteiger partial charge in [-0.1, -0.05) is 26.2 Å². The molecule has 4 N–H and O–H groups in total. The van der Waals surface area contributed by atoms with Crippen LogP contribution < -0.4 is 6.15 Å². The van der Waals surface area contributed by atoms with Crippen molar-refractivity contribution in [3.8, 4) is 0 Å². The summed E-state index contributed by atoms with van der Waals surface area (Å²) in [6.45, 7) is 2.27. The molecule has 19 heavy (non-hydrogen) atoms. The second kappa shape index (κ2) is 18.1. The van der Waals surface area contributed by atoms with Crippen LogP contribution in [-0.2, 0) is 4.79 Å². The average molecular weight is 336 g/mol. The Labute approximate surface area is 128 Å². The first-order valence-electron chi connectivity index (χ1n) is 7.97. The van der Waals surface area contributed by atoms with E-state index in [-0.39, 0.29) is 10.8 Å². The first-order valence-corrected chi connectivity index (χ1v) is 8.83. The van der Waals surface area contributed by atoms with Gasteiger partial charge < -0.3 is 6.15 Å². The van der Waals surface area contributed by atoms with Gasteiger partial charge in [-0.05, 0) is 0 Å². The third-order valence-corrected chi connectivity index (χ3v) is 3.91. The first-order chi connectivity index (χ1) is 8.77. The van der Waals surface area contributed by atoms with Crippen molar-refractivity contribution < 1.29 is 4.79 Å². The number of quaternary nitrogens is 1. The summed E-state index contributed by atoms with van der Waals surface area (Å²) in [7, 11) is 0. The molecule has 0 radical (unpaired) electrons. The van der Waals surface area contributed by atoms with Crippen LogP contribution in [0, 0.1) is 0 Å². The number of hydrogen-bond acceptors (Lipinski definition) is 1. The van der Waals surface area contributed by atoms with E-state index in [9.17, 15) is 4.79 Å². The second-order valence-corrected chi connectivity index (χ2v) is 6.32. The molecular formula is C16H35NOSe. The molecule has 0 atom stereocenters. The summed E-state index contributed by atoms with van der Waals surface area (Å²) in [5.41, 5.74) is 0. The van der Waals surface area contributed by atoms with Crippen molar-refractivity contribution in [2.45, 2.75) is 96.8 Å². The summed E-state index contributed by atoms with van der Waals surface area (Å²) in [6.07, 6.45) is 18.4. The van der Waals surface area contributed by atoms with Crippen molar-refractivity contribution in [1.82, 2.24) is 6.15 Å². The quantitative estimate of drug-likeness (QED) is 0.329. The van der Waals surface area contributed by atoms with Gasteiger partial charge >= 0.3 is 96.1 Å². The Morgan fingerprint density at radius 1 is 0.684 bits per heavy atom. The van der Waals surface area contributed by atoms with Crippen molar-refractivity contribution in [1.29, 1.82) is 0 Å². The van der Waals surface area contributed by atoms with E-state index < -0.39 is 0 Å². The maximum atomic E-state index is 10.7. The minimum atomic E-state index is 0. The topological polar surface area (TPSA) is 53.6 Å². The van der Waals surface area contributed by atoms with E-state index in [1.165, 1.54) is 77.0 Å². The fourth-order valence-corrected chi connectivity index (χ4v) is 2.59. The van der Waals surface area contributed by atoms with Crippen LogP contribution in [0.15, 0.2) is 0 Å². The summed E-state index contributed by atoms with van der Waals surface area (Å²) in [5, 5.41) is 0. The van der Waals surface area contributed by atoms with E-state index in [2.05, 4.69) is 22.9 Å². The van der Waals surface area contributed by atoms with Gasteiger partial charge in [0.15, 0.2) is 0 Å². The molecule has 0 rings (SSSR count). The summed E-state index contributed by atoms with van der Waals surface area (Å²) in [4.78, 5) is 10.7. The van der Waals surface area contributed by atoms with E-state index in [0.29, 0.717) is 0 Å². The molecule has 0 bridgehead atoms. The molecule has 3 heteroatoms. The van der Waals surface area contributed by atoms with Gasteiger partial charge in [-0.15, -0.1) is 0 Å². The molecular weight excluding hydrogens is 301 g/mol. The Balaban J connectivity index is 0. The molecule has 0 saturated carbocycles. The largest absolute Gasteiger partial charge is 0.369 e. The van der Waals surface area contributed by atoms with E-state index in [0.717, 1.165) is 12.8 Å². The fourth-order valence-electron chi connectivity index (χ4n) is 2.29. The normalized spacial score (nSPS) is 10.2. The molecule has 0 spiro atoms. The fraction of sp³-hybridized carbons (Fsp3) is 0.938. The van der Waals surface area contributed by atoms with Gasteiger partial charge in [0, 0.05) is 0 Å². The smallest absolute Gasteiger partial charge is 0.369 e. The minimum absolute atomic E-state index is 0. The summed E-state index contributed by atoms with van der Waals surface area (Å²) in [5.74, 6) is 0. The van der Waals surface area contributed by atoms with Crippen LogP contribution in [-0.4, -0.2) is 20.7 Å². The standard InChI is InChI=1S/C16H32OSe.H3N/c1-2-3-4-5-6-7-8-9-10-11-12-13-14-15-16(17)18;/h2-15H2,1H3,(H,17,18);1H3. The minimum Gasteiger partial charge on any atom is -0.369 e. The zero-order chi connectivity index (χ0) is 13.5. The summed E-state index contributed by atoms with van der Waals surface area (Å²) in [6, 6.07) is 0. The van der Waals surface area contributed by atoms with E-state index in [4.69, 9.17) is 0 Å². The van der Waals surface area contributed by atoms with Crippen LogP contribution in [0.4, 0.5) is 0 Å². The molecule has 0 aromatic heterocycles. The van der Waals surface area contributed by atoms with Crippen LogP contribution in [0.1, 0.15) is 96.8 Å². The van der Waals surface area contributed by atoms with E-state index in [1.54, 1.807) is 0 Å². The Morgan fingerprint density at radius 3 is 1.32 bits per heavy atom. The third-order valence-electron chi connectivity index (χ3n) is 3.48. The average Bonchev–Trinajstić information content (AvgIpc) is 2.34. The van der Waals surface area contributed by atoms with Crippen molar-refractivity contribution >= 4 is 20.7 Å².